The Morgan fingerprint density at radius 3 is 2.54 bits per heavy atom. The highest BCUT2D eigenvalue weighted by Gasteiger charge is 2.15. The third-order valence-electron chi connectivity index (χ3n) is 3.76. The normalized spacial score (nSPS) is 10.9. The summed E-state index contributed by atoms with van der Waals surface area (Å²) in [4.78, 5) is 13.4. The van der Waals surface area contributed by atoms with Crippen LogP contribution >= 0.6 is 15.9 Å². The first kappa shape index (κ1) is 21.5. The van der Waals surface area contributed by atoms with Crippen LogP contribution in [0.4, 0.5) is 4.39 Å². The number of nitriles is 1. The fourth-order valence-electron chi connectivity index (χ4n) is 2.35. The van der Waals surface area contributed by atoms with Crippen LogP contribution in [0, 0.1) is 17.1 Å². The lowest BCUT2D eigenvalue weighted by Crippen LogP contribution is -2.22. The molecule has 0 saturated heterocycles. The Balaban J connectivity index is 2.37. The average molecular weight is 447 g/mol. The molecule has 0 unspecified atom stereocenters. The van der Waals surface area contributed by atoms with E-state index in [9.17, 15) is 14.4 Å². The van der Waals surface area contributed by atoms with Crippen molar-refractivity contribution in [3.8, 4) is 17.6 Å². The van der Waals surface area contributed by atoms with Gasteiger partial charge < -0.3 is 14.4 Å². The molecule has 0 saturated carbocycles. The molecule has 0 aliphatic rings. The average Bonchev–Trinajstić information content (AvgIpc) is 2.67. The number of halogens is 2. The summed E-state index contributed by atoms with van der Waals surface area (Å²) in [5.41, 5.74) is 1.01. The van der Waals surface area contributed by atoms with Crippen molar-refractivity contribution < 1.29 is 18.7 Å². The molecule has 0 aromatic heterocycles. The number of hydrogen-bond acceptors (Lipinski definition) is 4. The van der Waals surface area contributed by atoms with Gasteiger partial charge >= 0.3 is 0 Å². The minimum absolute atomic E-state index is 0.00632. The number of amides is 1. The number of carbonyl (C=O) groups excluding carboxylic acids is 1. The van der Waals surface area contributed by atoms with E-state index >= 15 is 0 Å². The van der Waals surface area contributed by atoms with Gasteiger partial charge in [0.25, 0.3) is 5.91 Å². The second kappa shape index (κ2) is 9.90. The summed E-state index contributed by atoms with van der Waals surface area (Å²) in [6.45, 7) is 2.26. The highest BCUT2D eigenvalue weighted by Crippen LogP contribution is 2.35. The third-order valence-corrected chi connectivity index (χ3v) is 4.45. The molecule has 0 N–H and O–H groups in total. The number of hydrogen-bond donors (Lipinski definition) is 0. The molecule has 0 radical (unpaired) electrons. The molecule has 0 atom stereocenters. The van der Waals surface area contributed by atoms with Crippen molar-refractivity contribution in [3.05, 3.63) is 63.4 Å². The maximum atomic E-state index is 13.8. The molecule has 2 aromatic rings. The number of rotatable bonds is 7. The van der Waals surface area contributed by atoms with Crippen LogP contribution in [0.1, 0.15) is 18.1 Å². The molecule has 5 nitrogen and oxygen atoms in total. The first-order valence-corrected chi connectivity index (χ1v) is 9.32. The number of ether oxygens (including phenoxy) is 2. The predicted octanol–water partition coefficient (Wildman–Crippen LogP) is 4.56. The van der Waals surface area contributed by atoms with Crippen molar-refractivity contribution in [2.24, 2.45) is 0 Å². The van der Waals surface area contributed by atoms with Gasteiger partial charge in [-0.05, 0) is 36.8 Å². The summed E-state index contributed by atoms with van der Waals surface area (Å²) in [6.07, 6.45) is 1.48. The van der Waals surface area contributed by atoms with Crippen LogP contribution in [0.3, 0.4) is 0 Å². The lowest BCUT2D eigenvalue weighted by molar-refractivity contribution is -0.124. The zero-order valence-corrected chi connectivity index (χ0v) is 17.4. The summed E-state index contributed by atoms with van der Waals surface area (Å²) in [6, 6.07) is 11.6. The van der Waals surface area contributed by atoms with E-state index in [0.29, 0.717) is 33.7 Å². The molecule has 1 amide bonds. The van der Waals surface area contributed by atoms with Crippen LogP contribution < -0.4 is 9.47 Å². The molecule has 2 aromatic carbocycles. The number of likely N-dealkylation sites (N-methyl/N-ethyl adjacent to an activating group) is 1. The van der Waals surface area contributed by atoms with Crippen LogP contribution in [0.2, 0.25) is 0 Å². The van der Waals surface area contributed by atoms with E-state index in [1.54, 1.807) is 44.4 Å². The van der Waals surface area contributed by atoms with Gasteiger partial charge in [0.05, 0.1) is 6.61 Å². The number of benzene rings is 2. The highest BCUT2D eigenvalue weighted by atomic mass is 79.9. The van der Waals surface area contributed by atoms with Crippen LogP contribution in [-0.4, -0.2) is 31.5 Å². The van der Waals surface area contributed by atoms with E-state index in [0.717, 1.165) is 0 Å². The quantitative estimate of drug-likeness (QED) is 0.461. The number of carbonyl (C=O) groups is 1. The first-order chi connectivity index (χ1) is 13.4. The van der Waals surface area contributed by atoms with E-state index in [1.807, 2.05) is 13.0 Å². The van der Waals surface area contributed by atoms with Crippen molar-refractivity contribution in [3.63, 3.8) is 0 Å². The molecule has 0 spiro atoms. The van der Waals surface area contributed by atoms with Gasteiger partial charge in [0, 0.05) is 24.1 Å². The van der Waals surface area contributed by atoms with Crippen molar-refractivity contribution in [1.82, 2.24) is 4.90 Å². The van der Waals surface area contributed by atoms with Gasteiger partial charge in [-0.25, -0.2) is 4.39 Å². The van der Waals surface area contributed by atoms with Crippen LogP contribution in [0.25, 0.3) is 6.08 Å². The topological polar surface area (TPSA) is 62.6 Å². The van der Waals surface area contributed by atoms with E-state index in [2.05, 4.69) is 15.9 Å². The lowest BCUT2D eigenvalue weighted by Gasteiger charge is -2.15. The molecule has 2 rings (SSSR count). The standard InChI is InChI=1S/C21H20BrFN2O3/c1-4-27-19-10-15(9-16(12-24)21(26)25(2)3)17(22)11-20(19)28-13-14-7-5-6-8-18(14)23/h5-11H,4,13H2,1-3H3/b16-9-. The Morgan fingerprint density at radius 1 is 1.25 bits per heavy atom. The molecular formula is C21H20BrFN2O3. The van der Waals surface area contributed by atoms with Gasteiger partial charge in [0.1, 0.15) is 24.1 Å². The molecule has 0 heterocycles. The Labute approximate surface area is 172 Å². The molecule has 146 valence electrons. The maximum Gasteiger partial charge on any atom is 0.264 e. The Kier molecular flexibility index (Phi) is 7.59. The van der Waals surface area contributed by atoms with Crippen molar-refractivity contribution in [1.29, 1.82) is 5.26 Å². The molecule has 0 fully saturated rings. The summed E-state index contributed by atoms with van der Waals surface area (Å²) in [7, 11) is 3.15. The monoisotopic (exact) mass is 446 g/mol. The fourth-order valence-corrected chi connectivity index (χ4v) is 2.79. The highest BCUT2D eigenvalue weighted by molar-refractivity contribution is 9.10. The molecule has 0 aliphatic carbocycles. The van der Waals surface area contributed by atoms with Crippen molar-refractivity contribution >= 4 is 27.9 Å². The maximum absolute atomic E-state index is 13.8. The zero-order chi connectivity index (χ0) is 20.7. The second-order valence-electron chi connectivity index (χ2n) is 6.00. The largest absolute Gasteiger partial charge is 0.490 e. The minimum atomic E-state index is -0.396. The van der Waals surface area contributed by atoms with Gasteiger partial charge in [-0.2, -0.15) is 5.26 Å². The summed E-state index contributed by atoms with van der Waals surface area (Å²) >= 11 is 3.43. The van der Waals surface area contributed by atoms with Gasteiger partial charge in [-0.1, -0.05) is 34.1 Å². The number of nitrogens with zero attached hydrogens (tertiary/aromatic N) is 2. The van der Waals surface area contributed by atoms with Gasteiger partial charge in [-0.15, -0.1) is 0 Å². The van der Waals surface area contributed by atoms with Crippen LogP contribution in [-0.2, 0) is 11.4 Å². The SMILES string of the molecule is CCOc1cc(/C=C(/C#N)C(=O)N(C)C)c(Br)cc1OCc1ccccc1F. The van der Waals surface area contributed by atoms with Crippen molar-refractivity contribution in [2.75, 3.05) is 20.7 Å². The summed E-state index contributed by atoms with van der Waals surface area (Å²) in [5.74, 6) is 0.113. The van der Waals surface area contributed by atoms with Crippen LogP contribution in [0.15, 0.2) is 46.4 Å². The predicted molar refractivity (Wildman–Crippen MR) is 108 cm³/mol. The summed E-state index contributed by atoms with van der Waals surface area (Å²) in [5, 5.41) is 9.29. The van der Waals surface area contributed by atoms with Crippen molar-refractivity contribution in [2.45, 2.75) is 13.5 Å². The molecule has 7 heteroatoms. The molecule has 0 bridgehead atoms. The lowest BCUT2D eigenvalue weighted by atomic mass is 10.1. The van der Waals surface area contributed by atoms with Gasteiger partial charge in [-0.3, -0.25) is 4.79 Å². The van der Waals surface area contributed by atoms with E-state index in [4.69, 9.17) is 9.47 Å². The third kappa shape index (κ3) is 5.33. The van der Waals surface area contributed by atoms with Crippen LogP contribution in [0.5, 0.6) is 11.5 Å². The van der Waals surface area contributed by atoms with E-state index in [1.165, 1.54) is 17.0 Å². The fraction of sp³-hybridized carbons (Fsp3) is 0.238. The summed E-state index contributed by atoms with van der Waals surface area (Å²) < 4.78 is 25.8. The van der Waals surface area contributed by atoms with Gasteiger partial charge in [0.2, 0.25) is 0 Å². The molecule has 28 heavy (non-hydrogen) atoms. The minimum Gasteiger partial charge on any atom is -0.490 e. The Bertz CT molecular complexity index is 936. The zero-order valence-electron chi connectivity index (χ0n) is 15.8. The Hall–Kier alpha value is -2.85. The second-order valence-corrected chi connectivity index (χ2v) is 6.86. The van der Waals surface area contributed by atoms with E-state index in [-0.39, 0.29) is 18.0 Å². The Morgan fingerprint density at radius 2 is 1.93 bits per heavy atom. The van der Waals surface area contributed by atoms with E-state index < -0.39 is 5.91 Å². The molecular weight excluding hydrogens is 427 g/mol. The first-order valence-electron chi connectivity index (χ1n) is 8.53. The molecule has 0 aliphatic heterocycles. The van der Waals surface area contributed by atoms with Gasteiger partial charge in [0.15, 0.2) is 11.5 Å². The smallest absolute Gasteiger partial charge is 0.264 e.